The monoisotopic (exact) mass is 433 g/mol. The summed E-state index contributed by atoms with van der Waals surface area (Å²) in [4.78, 5) is 13.1. The predicted octanol–water partition coefficient (Wildman–Crippen LogP) is 2.33. The van der Waals surface area contributed by atoms with Gasteiger partial charge in [-0.05, 0) is 49.1 Å². The van der Waals surface area contributed by atoms with E-state index in [1.807, 2.05) is 24.3 Å². The number of sulfone groups is 1. The molecule has 1 aliphatic heterocycles. The van der Waals surface area contributed by atoms with Crippen LogP contribution in [0.15, 0.2) is 30.3 Å². The Morgan fingerprint density at radius 2 is 2.07 bits per heavy atom. The lowest BCUT2D eigenvalue weighted by Crippen LogP contribution is -2.19. The standard InChI is InChI=1S/C18H19N5O4S2/c1-11-17(28-22-20-11)18(24)19-16-9-15(12-3-5-14(27-2)6-4-12)21-23(16)13-7-8-29(25,26)10-13/h3-6,9,13H,7-8,10H2,1-2H3,(H,19,24). The zero-order valence-electron chi connectivity index (χ0n) is 15.8. The van der Waals surface area contributed by atoms with Crippen molar-refractivity contribution in [1.29, 1.82) is 0 Å². The number of hydrogen-bond donors (Lipinski definition) is 1. The van der Waals surface area contributed by atoms with Crippen LogP contribution in [-0.4, -0.2) is 52.3 Å². The Kier molecular flexibility index (Phi) is 5.09. The third kappa shape index (κ3) is 4.01. The summed E-state index contributed by atoms with van der Waals surface area (Å²) in [5.74, 6) is 0.926. The number of nitrogens with zero attached hydrogens (tertiary/aromatic N) is 4. The summed E-state index contributed by atoms with van der Waals surface area (Å²) in [6, 6.07) is 8.77. The maximum atomic E-state index is 12.7. The van der Waals surface area contributed by atoms with Gasteiger partial charge in [-0.1, -0.05) is 4.49 Å². The highest BCUT2D eigenvalue weighted by Crippen LogP contribution is 2.31. The van der Waals surface area contributed by atoms with Crippen LogP contribution < -0.4 is 10.1 Å². The summed E-state index contributed by atoms with van der Waals surface area (Å²) in [5.41, 5.74) is 2.00. The van der Waals surface area contributed by atoms with E-state index in [0.717, 1.165) is 22.8 Å². The lowest BCUT2D eigenvalue weighted by Gasteiger charge is -2.13. The average Bonchev–Trinajstić information content (AvgIpc) is 3.40. The van der Waals surface area contributed by atoms with E-state index in [-0.39, 0.29) is 23.5 Å². The smallest absolute Gasteiger partial charge is 0.270 e. The topological polar surface area (TPSA) is 116 Å². The van der Waals surface area contributed by atoms with Crippen molar-refractivity contribution in [2.24, 2.45) is 0 Å². The van der Waals surface area contributed by atoms with Crippen molar-refractivity contribution in [3.63, 3.8) is 0 Å². The minimum Gasteiger partial charge on any atom is -0.497 e. The molecule has 1 saturated heterocycles. The van der Waals surface area contributed by atoms with Crippen LogP contribution in [0.4, 0.5) is 5.82 Å². The molecule has 1 aliphatic rings. The lowest BCUT2D eigenvalue weighted by atomic mass is 10.1. The molecule has 1 amide bonds. The number of nitrogens with one attached hydrogen (secondary N) is 1. The molecule has 0 aliphatic carbocycles. The van der Waals surface area contributed by atoms with Gasteiger partial charge in [0.25, 0.3) is 5.91 Å². The van der Waals surface area contributed by atoms with Crippen LogP contribution in [0.1, 0.15) is 27.8 Å². The number of ether oxygens (including phenoxy) is 1. The van der Waals surface area contributed by atoms with E-state index in [1.165, 1.54) is 0 Å². The fraction of sp³-hybridized carbons (Fsp3) is 0.333. The maximum absolute atomic E-state index is 12.7. The molecule has 0 saturated carbocycles. The molecule has 2 aromatic heterocycles. The first-order valence-electron chi connectivity index (χ1n) is 8.91. The number of hydrogen-bond acceptors (Lipinski definition) is 8. The van der Waals surface area contributed by atoms with Crippen LogP contribution >= 0.6 is 11.5 Å². The van der Waals surface area contributed by atoms with Gasteiger partial charge < -0.3 is 10.1 Å². The Bertz CT molecular complexity index is 1150. The first-order valence-corrected chi connectivity index (χ1v) is 11.5. The summed E-state index contributed by atoms with van der Waals surface area (Å²) >= 11 is 1.01. The fourth-order valence-corrected chi connectivity index (χ4v) is 5.49. The number of aryl methyl sites for hydroxylation is 1. The average molecular weight is 434 g/mol. The van der Waals surface area contributed by atoms with Gasteiger partial charge in [-0.25, -0.2) is 13.1 Å². The largest absolute Gasteiger partial charge is 0.497 e. The summed E-state index contributed by atoms with van der Waals surface area (Å²) in [7, 11) is -1.52. The van der Waals surface area contributed by atoms with Crippen LogP contribution in [0.2, 0.25) is 0 Å². The van der Waals surface area contributed by atoms with Crippen molar-refractivity contribution < 1.29 is 17.9 Å². The quantitative estimate of drug-likeness (QED) is 0.656. The third-order valence-corrected chi connectivity index (χ3v) is 7.35. The number of carbonyl (C=O) groups excluding carboxylic acids is 1. The number of carbonyl (C=O) groups is 1. The molecule has 11 heteroatoms. The Balaban J connectivity index is 1.70. The molecule has 1 fully saturated rings. The van der Waals surface area contributed by atoms with Gasteiger partial charge in [0.1, 0.15) is 16.4 Å². The molecular formula is C18H19N5O4S2. The normalized spacial score (nSPS) is 17.9. The molecule has 1 N–H and O–H groups in total. The van der Waals surface area contributed by atoms with E-state index < -0.39 is 9.84 Å². The Morgan fingerprint density at radius 1 is 1.31 bits per heavy atom. The Labute approximate surface area is 171 Å². The third-order valence-electron chi connectivity index (χ3n) is 4.78. The van der Waals surface area contributed by atoms with Crippen molar-refractivity contribution in [2.45, 2.75) is 19.4 Å². The van der Waals surface area contributed by atoms with E-state index in [2.05, 4.69) is 20.0 Å². The SMILES string of the molecule is COc1ccc(-c2cc(NC(=O)c3snnc3C)n(C3CCS(=O)(=O)C3)n2)cc1. The van der Waals surface area contributed by atoms with E-state index in [0.29, 0.717) is 28.5 Å². The highest BCUT2D eigenvalue weighted by atomic mass is 32.2. The lowest BCUT2D eigenvalue weighted by molar-refractivity contribution is 0.102. The molecule has 0 bridgehead atoms. The number of anilines is 1. The minimum atomic E-state index is -3.11. The highest BCUT2D eigenvalue weighted by Gasteiger charge is 2.32. The van der Waals surface area contributed by atoms with Crippen molar-refractivity contribution in [2.75, 3.05) is 23.9 Å². The van der Waals surface area contributed by atoms with Gasteiger partial charge >= 0.3 is 0 Å². The first kappa shape index (κ1) is 19.5. The van der Waals surface area contributed by atoms with Gasteiger partial charge in [0.15, 0.2) is 9.84 Å². The Morgan fingerprint density at radius 3 is 2.66 bits per heavy atom. The Hall–Kier alpha value is -2.79. The van der Waals surface area contributed by atoms with Gasteiger partial charge in [0.2, 0.25) is 0 Å². The molecule has 0 radical (unpaired) electrons. The van der Waals surface area contributed by atoms with Crippen LogP contribution in [0.3, 0.4) is 0 Å². The van der Waals surface area contributed by atoms with E-state index >= 15 is 0 Å². The molecule has 4 rings (SSSR count). The summed E-state index contributed by atoms with van der Waals surface area (Å²) in [5, 5.41) is 11.3. The van der Waals surface area contributed by atoms with Crippen molar-refractivity contribution in [1.82, 2.24) is 19.4 Å². The van der Waals surface area contributed by atoms with E-state index in [9.17, 15) is 13.2 Å². The molecule has 1 unspecified atom stereocenters. The number of benzene rings is 1. The summed E-state index contributed by atoms with van der Waals surface area (Å²) in [6.45, 7) is 1.71. The maximum Gasteiger partial charge on any atom is 0.270 e. The van der Waals surface area contributed by atoms with Gasteiger partial charge in [0.05, 0.1) is 36.0 Å². The van der Waals surface area contributed by atoms with E-state index in [1.54, 1.807) is 24.8 Å². The van der Waals surface area contributed by atoms with Crippen LogP contribution in [0, 0.1) is 6.92 Å². The van der Waals surface area contributed by atoms with Gasteiger partial charge in [-0.2, -0.15) is 5.10 Å². The van der Waals surface area contributed by atoms with Crippen molar-refractivity contribution >= 4 is 33.1 Å². The minimum absolute atomic E-state index is 0.000738. The highest BCUT2D eigenvalue weighted by molar-refractivity contribution is 7.91. The predicted molar refractivity (Wildman–Crippen MR) is 109 cm³/mol. The van der Waals surface area contributed by atoms with E-state index in [4.69, 9.17) is 4.74 Å². The molecule has 9 nitrogen and oxygen atoms in total. The number of amides is 1. The summed E-state index contributed by atoms with van der Waals surface area (Å²) in [6.07, 6.45) is 0.454. The zero-order chi connectivity index (χ0) is 20.6. The van der Waals surface area contributed by atoms with Crippen molar-refractivity contribution in [3.8, 4) is 17.0 Å². The zero-order valence-corrected chi connectivity index (χ0v) is 17.5. The molecule has 1 atom stereocenters. The molecule has 0 spiro atoms. The molecule has 152 valence electrons. The van der Waals surface area contributed by atoms with Crippen LogP contribution in [-0.2, 0) is 9.84 Å². The molecule has 1 aromatic carbocycles. The molecule has 29 heavy (non-hydrogen) atoms. The second kappa shape index (κ2) is 7.56. The second-order valence-electron chi connectivity index (χ2n) is 6.79. The number of aromatic nitrogens is 4. The van der Waals surface area contributed by atoms with Gasteiger partial charge in [0, 0.05) is 11.6 Å². The molecule has 3 heterocycles. The number of methoxy groups -OCH3 is 1. The van der Waals surface area contributed by atoms with Crippen LogP contribution in [0.25, 0.3) is 11.3 Å². The van der Waals surface area contributed by atoms with Crippen molar-refractivity contribution in [3.05, 3.63) is 40.9 Å². The van der Waals surface area contributed by atoms with Crippen LogP contribution in [0.5, 0.6) is 5.75 Å². The summed E-state index contributed by atoms with van der Waals surface area (Å²) < 4.78 is 34.5. The second-order valence-corrected chi connectivity index (χ2v) is 9.77. The first-order chi connectivity index (χ1) is 13.9. The molecule has 3 aromatic rings. The van der Waals surface area contributed by atoms with Gasteiger partial charge in [-0.15, -0.1) is 5.10 Å². The number of rotatable bonds is 5. The molecular weight excluding hydrogens is 414 g/mol. The fourth-order valence-electron chi connectivity index (χ4n) is 3.25. The van der Waals surface area contributed by atoms with Gasteiger partial charge in [-0.3, -0.25) is 4.79 Å².